The highest BCUT2D eigenvalue weighted by molar-refractivity contribution is 5.79. The van der Waals surface area contributed by atoms with Gasteiger partial charge in [0.1, 0.15) is 11.7 Å². The van der Waals surface area contributed by atoms with Gasteiger partial charge in [-0.3, -0.25) is 9.48 Å². The molecule has 2 aromatic rings. The van der Waals surface area contributed by atoms with E-state index in [9.17, 15) is 4.79 Å². The van der Waals surface area contributed by atoms with Crippen LogP contribution in [0.25, 0.3) is 11.5 Å². The smallest absolute Gasteiger partial charge is 0.240 e. The first-order valence-corrected chi connectivity index (χ1v) is 8.16. The summed E-state index contributed by atoms with van der Waals surface area (Å²) in [4.78, 5) is 16.3. The molecule has 23 heavy (non-hydrogen) atoms. The van der Waals surface area contributed by atoms with Crippen molar-refractivity contribution in [2.75, 3.05) is 6.54 Å². The van der Waals surface area contributed by atoms with E-state index < -0.39 is 6.04 Å². The van der Waals surface area contributed by atoms with Crippen LogP contribution in [-0.4, -0.2) is 31.8 Å². The van der Waals surface area contributed by atoms with Crippen molar-refractivity contribution in [3.8, 4) is 11.5 Å². The zero-order valence-corrected chi connectivity index (χ0v) is 13.7. The predicted octanol–water partition coefficient (Wildman–Crippen LogP) is 1.31. The van der Waals surface area contributed by atoms with E-state index in [1.54, 1.807) is 6.20 Å². The average Bonchev–Trinajstić information content (AvgIpc) is 3.06. The van der Waals surface area contributed by atoms with Crippen LogP contribution in [-0.2, 0) is 17.9 Å². The Morgan fingerprint density at radius 3 is 3.04 bits per heavy atom. The van der Waals surface area contributed by atoms with Gasteiger partial charge in [-0.2, -0.15) is 5.10 Å². The first-order chi connectivity index (χ1) is 11.1. The van der Waals surface area contributed by atoms with Gasteiger partial charge in [-0.15, -0.1) is 0 Å². The van der Waals surface area contributed by atoms with Gasteiger partial charge in [-0.1, -0.05) is 13.8 Å². The van der Waals surface area contributed by atoms with Crippen LogP contribution in [0.2, 0.25) is 0 Å². The summed E-state index contributed by atoms with van der Waals surface area (Å²) in [5.74, 6) is 0.737. The fraction of sp³-hybridized carbons (Fsp3) is 0.562. The van der Waals surface area contributed by atoms with Crippen molar-refractivity contribution in [3.05, 3.63) is 24.2 Å². The van der Waals surface area contributed by atoms with Crippen molar-refractivity contribution in [3.63, 3.8) is 0 Å². The predicted molar refractivity (Wildman–Crippen MR) is 87.5 cm³/mol. The number of rotatable bonds is 5. The summed E-state index contributed by atoms with van der Waals surface area (Å²) in [5, 5.41) is 8.06. The summed E-state index contributed by atoms with van der Waals surface area (Å²) in [6, 6.07) is 1.65. The number of nitrogens with two attached hydrogens (primary N) is 1. The first-order valence-electron chi connectivity index (χ1n) is 8.16. The summed E-state index contributed by atoms with van der Waals surface area (Å²) in [6.07, 6.45) is 5.26. The maximum atomic E-state index is 11.9. The van der Waals surface area contributed by atoms with Gasteiger partial charge >= 0.3 is 0 Å². The largest absolute Gasteiger partial charge is 0.368 e. The van der Waals surface area contributed by atoms with Gasteiger partial charge in [0.05, 0.1) is 5.69 Å². The van der Waals surface area contributed by atoms with Crippen LogP contribution in [0, 0.1) is 5.92 Å². The number of hydrogen-bond acceptors (Lipinski definition) is 4. The molecule has 0 saturated carbocycles. The molecule has 3 N–H and O–H groups in total. The molecule has 0 aliphatic carbocycles. The molecule has 1 atom stereocenters. The monoisotopic (exact) mass is 316 g/mol. The van der Waals surface area contributed by atoms with E-state index in [1.165, 1.54) is 0 Å². The highest BCUT2D eigenvalue weighted by atomic mass is 16.1. The highest BCUT2D eigenvalue weighted by Crippen LogP contribution is 2.25. The Kier molecular flexibility index (Phi) is 4.47. The zero-order chi connectivity index (χ0) is 16.4. The topological polar surface area (TPSA) is 90.8 Å². The summed E-state index contributed by atoms with van der Waals surface area (Å²) < 4.78 is 3.88. The van der Waals surface area contributed by atoms with Crippen LogP contribution in [0.15, 0.2) is 18.5 Å². The van der Waals surface area contributed by atoms with Crippen LogP contribution in [0.1, 0.15) is 38.4 Å². The van der Waals surface area contributed by atoms with Gasteiger partial charge in [0.2, 0.25) is 5.91 Å². The van der Waals surface area contributed by atoms with Crippen molar-refractivity contribution in [1.29, 1.82) is 0 Å². The fourth-order valence-corrected chi connectivity index (χ4v) is 3.05. The average molecular weight is 316 g/mol. The van der Waals surface area contributed by atoms with Crippen molar-refractivity contribution in [1.82, 2.24) is 24.6 Å². The Hall–Kier alpha value is -2.15. The van der Waals surface area contributed by atoms with E-state index in [1.807, 2.05) is 21.5 Å². The fourth-order valence-electron chi connectivity index (χ4n) is 3.05. The number of aromatic nitrogens is 4. The molecule has 124 valence electrons. The van der Waals surface area contributed by atoms with Crippen LogP contribution >= 0.6 is 0 Å². The molecule has 0 spiro atoms. The zero-order valence-electron chi connectivity index (χ0n) is 13.7. The van der Waals surface area contributed by atoms with E-state index in [0.717, 1.165) is 37.4 Å². The first kappa shape index (κ1) is 15.7. The number of primary amides is 1. The van der Waals surface area contributed by atoms with E-state index in [2.05, 4.69) is 29.2 Å². The van der Waals surface area contributed by atoms with Gasteiger partial charge in [0.15, 0.2) is 5.82 Å². The minimum atomic E-state index is -0.396. The van der Waals surface area contributed by atoms with Crippen LogP contribution < -0.4 is 11.1 Å². The van der Waals surface area contributed by atoms with Crippen LogP contribution in [0.3, 0.4) is 0 Å². The van der Waals surface area contributed by atoms with Crippen molar-refractivity contribution in [2.24, 2.45) is 11.7 Å². The summed E-state index contributed by atoms with van der Waals surface area (Å²) in [6.45, 7) is 6.87. The molecule has 0 fully saturated rings. The van der Waals surface area contributed by atoms with Crippen LogP contribution in [0.5, 0.6) is 0 Å². The molecule has 2 aromatic heterocycles. The summed E-state index contributed by atoms with van der Waals surface area (Å²) >= 11 is 0. The Bertz CT molecular complexity index is 663. The lowest BCUT2D eigenvalue weighted by atomic mass is 10.0. The maximum absolute atomic E-state index is 11.9. The SMILES string of the molecule is CC(C)C[C@@H](C(N)=O)n1ccnc1-c1cc2n(n1)CCCNC2. The molecule has 1 amide bonds. The van der Waals surface area contributed by atoms with E-state index in [0.29, 0.717) is 18.2 Å². The molecule has 1 aliphatic rings. The molecule has 3 rings (SSSR count). The number of carbonyl (C=O) groups is 1. The number of amides is 1. The lowest BCUT2D eigenvalue weighted by Crippen LogP contribution is -2.28. The minimum Gasteiger partial charge on any atom is -0.368 e. The summed E-state index contributed by atoms with van der Waals surface area (Å²) in [5.41, 5.74) is 7.56. The van der Waals surface area contributed by atoms with Crippen molar-refractivity contribution in [2.45, 2.75) is 45.8 Å². The number of hydrogen-bond donors (Lipinski definition) is 2. The number of aryl methyl sites for hydroxylation is 1. The van der Waals surface area contributed by atoms with E-state index >= 15 is 0 Å². The molecule has 1 aliphatic heterocycles. The number of carbonyl (C=O) groups excluding carboxylic acids is 1. The second-order valence-corrected chi connectivity index (χ2v) is 6.48. The lowest BCUT2D eigenvalue weighted by Gasteiger charge is -2.19. The molecule has 0 unspecified atom stereocenters. The number of nitrogens with zero attached hydrogens (tertiary/aromatic N) is 4. The van der Waals surface area contributed by atoms with Crippen molar-refractivity contribution >= 4 is 5.91 Å². The van der Waals surface area contributed by atoms with E-state index in [-0.39, 0.29) is 5.91 Å². The van der Waals surface area contributed by atoms with Crippen LogP contribution in [0.4, 0.5) is 0 Å². The second kappa shape index (κ2) is 6.54. The van der Waals surface area contributed by atoms with Crippen molar-refractivity contribution < 1.29 is 4.79 Å². The Labute approximate surface area is 135 Å². The quantitative estimate of drug-likeness (QED) is 0.870. The Morgan fingerprint density at radius 2 is 2.30 bits per heavy atom. The molecule has 3 heterocycles. The normalized spacial score (nSPS) is 16.1. The Morgan fingerprint density at radius 1 is 1.48 bits per heavy atom. The molecule has 7 heteroatoms. The third kappa shape index (κ3) is 3.29. The van der Waals surface area contributed by atoms with Gasteiger partial charge in [0, 0.05) is 25.5 Å². The van der Waals surface area contributed by atoms with Gasteiger partial charge in [-0.05, 0) is 31.4 Å². The lowest BCUT2D eigenvalue weighted by molar-refractivity contribution is -0.121. The highest BCUT2D eigenvalue weighted by Gasteiger charge is 2.24. The number of nitrogens with one attached hydrogen (secondary N) is 1. The molecule has 0 bridgehead atoms. The van der Waals surface area contributed by atoms with Gasteiger partial charge in [0.25, 0.3) is 0 Å². The number of imidazole rings is 1. The van der Waals surface area contributed by atoms with E-state index in [4.69, 9.17) is 5.73 Å². The third-order valence-electron chi connectivity index (χ3n) is 4.15. The van der Waals surface area contributed by atoms with Gasteiger partial charge in [-0.25, -0.2) is 4.98 Å². The molecule has 0 saturated heterocycles. The molecule has 0 radical (unpaired) electrons. The molecular formula is C16H24N6O. The second-order valence-electron chi connectivity index (χ2n) is 6.48. The van der Waals surface area contributed by atoms with Gasteiger partial charge < -0.3 is 15.6 Å². The molecule has 7 nitrogen and oxygen atoms in total. The molecule has 0 aromatic carbocycles. The third-order valence-corrected chi connectivity index (χ3v) is 4.15. The minimum absolute atomic E-state index is 0.333. The standard InChI is InChI=1S/C16H24N6O/c1-11(2)8-14(15(17)23)21-7-5-19-16(21)13-9-12-10-18-4-3-6-22(12)20-13/h5,7,9,11,14,18H,3-4,6,8,10H2,1-2H3,(H2,17,23)/t14-/m0/s1. The Balaban J connectivity index is 1.95. The molecular weight excluding hydrogens is 292 g/mol. The number of fused-ring (bicyclic) bond motifs is 1. The maximum Gasteiger partial charge on any atom is 0.240 e. The summed E-state index contributed by atoms with van der Waals surface area (Å²) in [7, 11) is 0.